The first-order valence-corrected chi connectivity index (χ1v) is 12.5. The van der Waals surface area contributed by atoms with Gasteiger partial charge in [0.1, 0.15) is 12.2 Å². The maximum absolute atomic E-state index is 13.2. The van der Waals surface area contributed by atoms with Crippen LogP contribution in [0.3, 0.4) is 0 Å². The Kier molecular flexibility index (Phi) is 8.24. The summed E-state index contributed by atoms with van der Waals surface area (Å²) in [5.41, 5.74) is 0.720. The zero-order chi connectivity index (χ0) is 29.0. The molecule has 13 heteroatoms. The fraction of sp³-hybridized carbons (Fsp3) is 0.111. The molecule has 0 radical (unpaired) electrons. The minimum Gasteiger partial charge on any atom is -0.490 e. The predicted molar refractivity (Wildman–Crippen MR) is 145 cm³/mol. The smallest absolute Gasteiger partial charge is 0.335 e. The van der Waals surface area contributed by atoms with Crippen molar-refractivity contribution in [2.24, 2.45) is 0 Å². The number of non-ortho nitro benzene ring substituents is 1. The van der Waals surface area contributed by atoms with Gasteiger partial charge in [-0.3, -0.25) is 25.0 Å². The highest BCUT2D eigenvalue weighted by molar-refractivity contribution is 9.10. The van der Waals surface area contributed by atoms with E-state index >= 15 is 0 Å². The second kappa shape index (κ2) is 11.8. The lowest BCUT2D eigenvalue weighted by Crippen LogP contribution is -2.54. The van der Waals surface area contributed by atoms with Crippen molar-refractivity contribution in [3.05, 3.63) is 97.5 Å². The van der Waals surface area contributed by atoms with E-state index in [2.05, 4.69) is 21.2 Å². The molecule has 1 fully saturated rings. The van der Waals surface area contributed by atoms with Gasteiger partial charge in [0.25, 0.3) is 17.5 Å². The molecule has 12 nitrogen and oxygen atoms in total. The molecule has 204 valence electrons. The molecule has 1 aliphatic heterocycles. The monoisotopic (exact) mass is 609 g/mol. The number of nitro benzene ring substituents is 1. The molecule has 0 atom stereocenters. The number of hydrogen-bond acceptors (Lipinski definition) is 8. The first kappa shape index (κ1) is 28.0. The molecular weight excluding hydrogens is 590 g/mol. The van der Waals surface area contributed by atoms with E-state index < -0.39 is 28.7 Å². The first-order chi connectivity index (χ1) is 19.1. The molecule has 1 saturated heterocycles. The highest BCUT2D eigenvalue weighted by Gasteiger charge is 2.37. The van der Waals surface area contributed by atoms with E-state index in [-0.39, 0.29) is 35.7 Å². The van der Waals surface area contributed by atoms with Gasteiger partial charge >= 0.3 is 12.0 Å². The Morgan fingerprint density at radius 1 is 1.07 bits per heavy atom. The number of carboxylic acids is 1. The van der Waals surface area contributed by atoms with E-state index in [4.69, 9.17) is 14.6 Å². The second-order valence-corrected chi connectivity index (χ2v) is 9.14. The number of carbonyl (C=O) groups is 4. The number of nitrogens with one attached hydrogen (secondary N) is 1. The number of halogens is 1. The topological polar surface area (TPSA) is 165 Å². The number of urea groups is 1. The number of imide groups is 2. The fourth-order valence-corrected chi connectivity index (χ4v) is 4.33. The van der Waals surface area contributed by atoms with Crippen molar-refractivity contribution < 1.29 is 38.7 Å². The van der Waals surface area contributed by atoms with Crippen LogP contribution in [-0.4, -0.2) is 40.5 Å². The lowest BCUT2D eigenvalue weighted by molar-refractivity contribution is -0.384. The average molecular weight is 610 g/mol. The molecule has 0 saturated carbocycles. The van der Waals surface area contributed by atoms with Crippen molar-refractivity contribution >= 4 is 57.2 Å². The van der Waals surface area contributed by atoms with Crippen molar-refractivity contribution in [3.63, 3.8) is 0 Å². The number of hydrogen-bond donors (Lipinski definition) is 2. The van der Waals surface area contributed by atoms with Crippen molar-refractivity contribution in [3.8, 4) is 11.5 Å². The highest BCUT2D eigenvalue weighted by atomic mass is 79.9. The van der Waals surface area contributed by atoms with Gasteiger partial charge in [-0.15, -0.1) is 0 Å². The van der Waals surface area contributed by atoms with Crippen LogP contribution in [0.5, 0.6) is 11.5 Å². The van der Waals surface area contributed by atoms with E-state index in [1.54, 1.807) is 31.2 Å². The van der Waals surface area contributed by atoms with Gasteiger partial charge in [-0.1, -0.05) is 0 Å². The summed E-state index contributed by atoms with van der Waals surface area (Å²) >= 11 is 3.42. The van der Waals surface area contributed by atoms with Crippen LogP contribution in [-0.2, 0) is 16.2 Å². The van der Waals surface area contributed by atoms with Crippen molar-refractivity contribution in [2.45, 2.75) is 13.5 Å². The highest BCUT2D eigenvalue weighted by Crippen LogP contribution is 2.38. The molecule has 4 rings (SSSR count). The third-order valence-electron chi connectivity index (χ3n) is 5.65. The number of nitro groups is 1. The molecule has 3 aromatic carbocycles. The molecule has 3 aromatic rings. The normalized spacial score (nSPS) is 14.2. The van der Waals surface area contributed by atoms with Gasteiger partial charge in [-0.25, -0.2) is 14.5 Å². The number of ether oxygens (including phenoxy) is 2. The number of amides is 4. The Labute approximate surface area is 235 Å². The molecule has 1 heterocycles. The van der Waals surface area contributed by atoms with Gasteiger partial charge in [-0.05, 0) is 88.6 Å². The SMILES string of the molecule is CCOc1cc(/C=C2\C(=O)NC(=O)N(c3ccc(C(=O)O)cc3)C2=O)cc(Br)c1OCc1ccc([N+](=O)[O-])cc1. The third kappa shape index (κ3) is 5.99. The van der Waals surface area contributed by atoms with Crippen LogP contribution in [0.2, 0.25) is 0 Å². The number of rotatable bonds is 9. The minimum absolute atomic E-state index is 0.0374. The largest absolute Gasteiger partial charge is 0.490 e. The lowest BCUT2D eigenvalue weighted by atomic mass is 10.1. The predicted octanol–water partition coefficient (Wildman–Crippen LogP) is 4.70. The minimum atomic E-state index is -1.17. The number of benzene rings is 3. The van der Waals surface area contributed by atoms with Gasteiger partial charge in [0.2, 0.25) is 0 Å². The lowest BCUT2D eigenvalue weighted by Gasteiger charge is -2.26. The molecule has 1 aliphatic rings. The van der Waals surface area contributed by atoms with Crippen LogP contribution in [0.15, 0.2) is 70.7 Å². The van der Waals surface area contributed by atoms with Gasteiger partial charge in [-0.2, -0.15) is 0 Å². The Morgan fingerprint density at radius 2 is 1.75 bits per heavy atom. The Balaban J connectivity index is 1.62. The van der Waals surface area contributed by atoms with Crippen molar-refractivity contribution in [1.29, 1.82) is 0 Å². The summed E-state index contributed by atoms with van der Waals surface area (Å²) in [6.07, 6.45) is 1.29. The standard InChI is InChI=1S/C27H20BrN3O9/c1-2-39-22-13-16(12-21(28)23(22)40-14-15-3-7-19(8-4-15)31(37)38)11-20-24(32)29-27(36)30(25(20)33)18-9-5-17(6-10-18)26(34)35/h3-13H,2,14H2,1H3,(H,34,35)(H,29,32,36)/b20-11+. The third-order valence-corrected chi connectivity index (χ3v) is 6.24. The number of nitrogens with zero attached hydrogens (tertiary/aromatic N) is 2. The Morgan fingerprint density at radius 3 is 2.35 bits per heavy atom. The van der Waals surface area contributed by atoms with Crippen molar-refractivity contribution in [1.82, 2.24) is 5.32 Å². The van der Waals surface area contributed by atoms with Crippen LogP contribution in [0.1, 0.15) is 28.4 Å². The Hall–Kier alpha value is -5.04. The van der Waals surface area contributed by atoms with Gasteiger partial charge in [0.15, 0.2) is 11.5 Å². The van der Waals surface area contributed by atoms with Crippen LogP contribution in [0.4, 0.5) is 16.2 Å². The van der Waals surface area contributed by atoms with Gasteiger partial charge < -0.3 is 14.6 Å². The zero-order valence-electron chi connectivity index (χ0n) is 20.8. The summed E-state index contributed by atoms with van der Waals surface area (Å²) in [6.45, 7) is 2.11. The zero-order valence-corrected chi connectivity index (χ0v) is 22.3. The molecule has 0 aliphatic carbocycles. The van der Waals surface area contributed by atoms with Crippen LogP contribution < -0.4 is 19.7 Å². The van der Waals surface area contributed by atoms with E-state index in [1.807, 2.05) is 0 Å². The Bertz CT molecular complexity index is 1550. The summed E-state index contributed by atoms with van der Waals surface area (Å²) in [4.78, 5) is 60.5. The van der Waals surface area contributed by atoms with E-state index in [0.717, 1.165) is 4.90 Å². The molecule has 0 spiro atoms. The van der Waals surface area contributed by atoms with E-state index in [9.17, 15) is 29.3 Å². The maximum Gasteiger partial charge on any atom is 0.335 e. The summed E-state index contributed by atoms with van der Waals surface area (Å²) in [6, 6.07) is 13.1. The van der Waals surface area contributed by atoms with Crippen molar-refractivity contribution in [2.75, 3.05) is 11.5 Å². The second-order valence-electron chi connectivity index (χ2n) is 8.29. The number of barbiturate groups is 1. The summed E-state index contributed by atoms with van der Waals surface area (Å²) < 4.78 is 12.1. The average Bonchev–Trinajstić information content (AvgIpc) is 2.91. The van der Waals surface area contributed by atoms with E-state index in [1.165, 1.54) is 42.5 Å². The molecular formula is C27H20BrN3O9. The molecule has 4 amide bonds. The number of carboxylic acid groups (broad SMARTS) is 1. The first-order valence-electron chi connectivity index (χ1n) is 11.7. The van der Waals surface area contributed by atoms with Gasteiger partial charge in [0.05, 0.1) is 27.3 Å². The van der Waals surface area contributed by atoms with Crippen LogP contribution in [0.25, 0.3) is 6.08 Å². The summed E-state index contributed by atoms with van der Waals surface area (Å²) in [5, 5.41) is 22.1. The van der Waals surface area contributed by atoms with Crippen LogP contribution >= 0.6 is 15.9 Å². The van der Waals surface area contributed by atoms with Gasteiger partial charge in [0, 0.05) is 12.1 Å². The number of anilines is 1. The quantitative estimate of drug-likeness (QED) is 0.151. The maximum atomic E-state index is 13.2. The molecule has 0 unspecified atom stereocenters. The molecule has 0 bridgehead atoms. The van der Waals surface area contributed by atoms with Crippen LogP contribution in [0, 0.1) is 10.1 Å². The van der Waals surface area contributed by atoms with E-state index in [0.29, 0.717) is 27.1 Å². The molecule has 2 N–H and O–H groups in total. The molecule has 40 heavy (non-hydrogen) atoms. The number of carbonyl (C=O) groups excluding carboxylic acids is 3. The summed E-state index contributed by atoms with van der Waals surface area (Å²) in [5.74, 6) is -2.35. The number of aromatic carboxylic acids is 1. The fourth-order valence-electron chi connectivity index (χ4n) is 3.76. The summed E-state index contributed by atoms with van der Waals surface area (Å²) in [7, 11) is 0. The molecule has 0 aromatic heterocycles.